The fourth-order valence-electron chi connectivity index (χ4n) is 3.30. The third-order valence-electron chi connectivity index (χ3n) is 4.72. The maximum atomic E-state index is 12.6. The minimum Gasteiger partial charge on any atom is -0.469 e. The topological polar surface area (TPSA) is 101 Å². The summed E-state index contributed by atoms with van der Waals surface area (Å²) in [5, 5.41) is 3.00. The van der Waals surface area contributed by atoms with E-state index in [1.54, 1.807) is 18.4 Å². The number of carbonyl (C=O) groups excluding carboxylic acids is 1. The predicted octanol–water partition coefficient (Wildman–Crippen LogP) is 3.28. The van der Waals surface area contributed by atoms with Crippen molar-refractivity contribution in [3.63, 3.8) is 0 Å². The minimum absolute atomic E-state index is 0.0793. The smallest absolute Gasteiger partial charge is 0.261 e. The van der Waals surface area contributed by atoms with Gasteiger partial charge in [-0.25, -0.2) is 8.42 Å². The maximum absolute atomic E-state index is 12.6. The number of benzene rings is 1. The van der Waals surface area contributed by atoms with Crippen LogP contribution in [0.4, 0.5) is 5.69 Å². The van der Waals surface area contributed by atoms with Crippen LogP contribution in [0.2, 0.25) is 0 Å². The van der Waals surface area contributed by atoms with Crippen LogP contribution in [0, 0.1) is 0 Å². The quantitative estimate of drug-likeness (QED) is 0.688. The first kappa shape index (κ1) is 18.2. The van der Waals surface area contributed by atoms with E-state index in [9.17, 15) is 13.2 Å². The van der Waals surface area contributed by atoms with Crippen molar-refractivity contribution in [1.82, 2.24) is 10.3 Å². The van der Waals surface area contributed by atoms with E-state index in [0.717, 1.165) is 30.6 Å². The molecule has 0 saturated heterocycles. The molecule has 0 fully saturated rings. The highest BCUT2D eigenvalue weighted by atomic mass is 32.2. The Balaban J connectivity index is 1.47. The van der Waals surface area contributed by atoms with Crippen molar-refractivity contribution in [2.24, 2.45) is 0 Å². The molecule has 1 aliphatic rings. The first-order valence-electron chi connectivity index (χ1n) is 8.93. The van der Waals surface area contributed by atoms with Crippen molar-refractivity contribution in [2.45, 2.75) is 30.2 Å². The Labute approximate surface area is 162 Å². The van der Waals surface area contributed by atoms with Crippen molar-refractivity contribution < 1.29 is 17.6 Å². The van der Waals surface area contributed by atoms with Gasteiger partial charge in [0, 0.05) is 29.9 Å². The van der Waals surface area contributed by atoms with Crippen molar-refractivity contribution in [3.8, 4) is 0 Å². The number of fused-ring (bicyclic) bond motifs is 1. The van der Waals surface area contributed by atoms with Crippen LogP contribution < -0.4 is 10.0 Å². The van der Waals surface area contributed by atoms with E-state index in [0.29, 0.717) is 11.3 Å². The standard InChI is InChI=1S/C20H19N3O4S/c24-20(22-18-2-1-3-19-17(18)10-13-27-19)14-4-6-16(7-5-14)28(25,26)23-15-8-11-21-12-9-15/h4-13,18H,1-3H2,(H,21,23)(H,22,24)/t18-/m1/s1. The van der Waals surface area contributed by atoms with Crippen LogP contribution in [0.25, 0.3) is 0 Å². The molecular weight excluding hydrogens is 378 g/mol. The molecule has 0 spiro atoms. The van der Waals surface area contributed by atoms with E-state index in [4.69, 9.17) is 4.42 Å². The fraction of sp³-hybridized carbons (Fsp3) is 0.200. The number of amides is 1. The zero-order valence-electron chi connectivity index (χ0n) is 15.0. The van der Waals surface area contributed by atoms with Gasteiger partial charge in [0.15, 0.2) is 0 Å². The molecule has 0 unspecified atom stereocenters. The lowest BCUT2D eigenvalue weighted by Gasteiger charge is -2.22. The lowest BCUT2D eigenvalue weighted by Crippen LogP contribution is -2.30. The number of sulfonamides is 1. The number of rotatable bonds is 5. The van der Waals surface area contributed by atoms with Gasteiger partial charge in [-0.15, -0.1) is 0 Å². The molecule has 7 nitrogen and oxygen atoms in total. The highest BCUT2D eigenvalue weighted by Crippen LogP contribution is 2.30. The number of hydrogen-bond acceptors (Lipinski definition) is 5. The van der Waals surface area contributed by atoms with Crippen molar-refractivity contribution in [3.05, 3.63) is 78.0 Å². The molecule has 2 N–H and O–H groups in total. The molecule has 0 aliphatic heterocycles. The van der Waals surface area contributed by atoms with Gasteiger partial charge < -0.3 is 9.73 Å². The van der Waals surface area contributed by atoms with Gasteiger partial charge in [-0.05, 0) is 55.3 Å². The second kappa shape index (κ2) is 7.47. The summed E-state index contributed by atoms with van der Waals surface area (Å²) < 4.78 is 32.9. The molecule has 0 radical (unpaired) electrons. The Kier molecular flexibility index (Phi) is 4.87. The van der Waals surface area contributed by atoms with Gasteiger partial charge in [0.2, 0.25) is 0 Å². The number of hydrogen-bond donors (Lipinski definition) is 2. The fourth-order valence-corrected chi connectivity index (χ4v) is 4.36. The maximum Gasteiger partial charge on any atom is 0.261 e. The monoisotopic (exact) mass is 397 g/mol. The van der Waals surface area contributed by atoms with Crippen molar-refractivity contribution in [2.75, 3.05) is 4.72 Å². The second-order valence-corrected chi connectivity index (χ2v) is 8.27. The second-order valence-electron chi connectivity index (χ2n) is 6.58. The van der Waals surface area contributed by atoms with Crippen LogP contribution in [0.1, 0.15) is 40.6 Å². The van der Waals surface area contributed by atoms with Gasteiger partial charge in [0.05, 0.1) is 22.9 Å². The Morgan fingerprint density at radius 3 is 2.57 bits per heavy atom. The average molecular weight is 397 g/mol. The van der Waals surface area contributed by atoms with Crippen LogP contribution in [0.5, 0.6) is 0 Å². The van der Waals surface area contributed by atoms with Crippen molar-refractivity contribution >= 4 is 21.6 Å². The predicted molar refractivity (Wildman–Crippen MR) is 103 cm³/mol. The van der Waals surface area contributed by atoms with Crippen LogP contribution in [0.3, 0.4) is 0 Å². The molecular formula is C20H19N3O4S. The average Bonchev–Trinajstić information content (AvgIpc) is 3.18. The molecule has 8 heteroatoms. The molecule has 2 aromatic heterocycles. The molecule has 0 saturated carbocycles. The molecule has 28 heavy (non-hydrogen) atoms. The van der Waals surface area contributed by atoms with Gasteiger partial charge in [-0.1, -0.05) is 0 Å². The van der Waals surface area contributed by atoms with Gasteiger partial charge in [0.1, 0.15) is 5.76 Å². The lowest BCUT2D eigenvalue weighted by atomic mass is 9.93. The minimum atomic E-state index is -3.74. The summed E-state index contributed by atoms with van der Waals surface area (Å²) in [6.45, 7) is 0. The largest absolute Gasteiger partial charge is 0.469 e. The number of nitrogens with one attached hydrogen (secondary N) is 2. The van der Waals surface area contributed by atoms with E-state index in [1.165, 1.54) is 36.7 Å². The van der Waals surface area contributed by atoms with Crippen LogP contribution in [0.15, 0.2) is 70.4 Å². The Hall–Kier alpha value is -3.13. The van der Waals surface area contributed by atoms with Gasteiger partial charge in [-0.2, -0.15) is 0 Å². The highest BCUT2D eigenvalue weighted by molar-refractivity contribution is 7.92. The van der Waals surface area contributed by atoms with Crippen LogP contribution in [-0.4, -0.2) is 19.3 Å². The molecule has 1 aliphatic carbocycles. The third-order valence-corrected chi connectivity index (χ3v) is 6.11. The first-order chi connectivity index (χ1) is 13.5. The van der Waals surface area contributed by atoms with E-state index in [-0.39, 0.29) is 16.8 Å². The van der Waals surface area contributed by atoms with E-state index < -0.39 is 10.0 Å². The normalized spacial score (nSPS) is 16.2. The highest BCUT2D eigenvalue weighted by Gasteiger charge is 2.24. The van der Waals surface area contributed by atoms with Gasteiger partial charge >= 0.3 is 0 Å². The van der Waals surface area contributed by atoms with Crippen molar-refractivity contribution in [1.29, 1.82) is 0 Å². The number of furan rings is 1. The molecule has 4 rings (SSSR count). The zero-order chi connectivity index (χ0) is 19.6. The molecule has 0 bridgehead atoms. The first-order valence-corrected chi connectivity index (χ1v) is 10.4. The summed E-state index contributed by atoms with van der Waals surface area (Å²) in [6.07, 6.45) is 7.32. The molecule has 1 atom stereocenters. The van der Waals surface area contributed by atoms with Gasteiger partial charge in [-0.3, -0.25) is 14.5 Å². The Morgan fingerprint density at radius 2 is 1.82 bits per heavy atom. The molecule has 3 aromatic rings. The summed E-state index contributed by atoms with van der Waals surface area (Å²) in [7, 11) is -3.74. The number of nitrogens with zero attached hydrogens (tertiary/aromatic N) is 1. The summed E-state index contributed by atoms with van der Waals surface area (Å²) >= 11 is 0. The molecule has 1 amide bonds. The summed E-state index contributed by atoms with van der Waals surface area (Å²) in [4.78, 5) is 16.5. The number of pyridine rings is 1. The number of aromatic nitrogens is 1. The SMILES string of the molecule is O=C(N[C@@H]1CCCc2occc21)c1ccc(S(=O)(=O)Nc2ccncc2)cc1. The Morgan fingerprint density at radius 1 is 1.07 bits per heavy atom. The zero-order valence-corrected chi connectivity index (χ0v) is 15.8. The Bertz CT molecular complexity index is 1080. The number of aryl methyl sites for hydroxylation is 1. The lowest BCUT2D eigenvalue weighted by molar-refractivity contribution is 0.0932. The third kappa shape index (κ3) is 3.77. The van der Waals surface area contributed by atoms with E-state index >= 15 is 0 Å². The summed E-state index contributed by atoms with van der Waals surface area (Å²) in [5.74, 6) is 0.672. The molecule has 144 valence electrons. The molecule has 1 aromatic carbocycles. The van der Waals surface area contributed by atoms with Crippen LogP contribution in [-0.2, 0) is 16.4 Å². The van der Waals surface area contributed by atoms with Gasteiger partial charge in [0.25, 0.3) is 15.9 Å². The summed E-state index contributed by atoms with van der Waals surface area (Å²) in [6, 6.07) is 10.8. The molecule has 2 heterocycles. The van der Waals surface area contributed by atoms with E-state index in [2.05, 4.69) is 15.0 Å². The summed E-state index contributed by atoms with van der Waals surface area (Å²) in [5.41, 5.74) is 1.84. The number of carbonyl (C=O) groups is 1. The number of anilines is 1. The van der Waals surface area contributed by atoms with Crippen LogP contribution >= 0.6 is 0 Å². The van der Waals surface area contributed by atoms with E-state index in [1.807, 2.05) is 6.07 Å².